The molecule has 4 nitrogen and oxygen atoms in total. The minimum absolute atomic E-state index is 0.180. The molecule has 0 aromatic heterocycles. The molecular formula is C16H32N2O2. The third-order valence-electron chi connectivity index (χ3n) is 4.39. The molecular weight excluding hydrogens is 252 g/mol. The molecule has 1 unspecified atom stereocenters. The Hall–Kier alpha value is -0.610. The molecule has 1 atom stereocenters. The minimum Gasteiger partial charge on any atom is -0.377 e. The molecule has 20 heavy (non-hydrogen) atoms. The molecule has 1 aliphatic rings. The summed E-state index contributed by atoms with van der Waals surface area (Å²) in [6.07, 6.45) is 2.53. The molecule has 4 heteroatoms. The summed E-state index contributed by atoms with van der Waals surface area (Å²) in [4.78, 5) is 14.5. The van der Waals surface area contributed by atoms with E-state index in [4.69, 9.17) is 10.5 Å². The highest BCUT2D eigenvalue weighted by Crippen LogP contribution is 2.32. The van der Waals surface area contributed by atoms with E-state index in [9.17, 15) is 4.79 Å². The summed E-state index contributed by atoms with van der Waals surface area (Å²) in [6.45, 7) is 13.5. The average Bonchev–Trinajstić information content (AvgIpc) is 2.32. The molecule has 0 aliphatic carbocycles. The van der Waals surface area contributed by atoms with Gasteiger partial charge in [0.1, 0.15) is 0 Å². The molecule has 1 heterocycles. The third-order valence-corrected chi connectivity index (χ3v) is 4.39. The van der Waals surface area contributed by atoms with Crippen LogP contribution in [0.2, 0.25) is 0 Å². The fourth-order valence-corrected chi connectivity index (χ4v) is 2.96. The van der Waals surface area contributed by atoms with Crippen LogP contribution >= 0.6 is 0 Å². The van der Waals surface area contributed by atoms with Gasteiger partial charge in [-0.25, -0.2) is 0 Å². The summed E-state index contributed by atoms with van der Waals surface area (Å²) >= 11 is 0. The standard InChI is InChI=1S/C16H32N2O2/c1-15(2,3)13(8-9-17)6-7-14(19)18-10-11-20-12-16(18,4)5/h13H,6-12,17H2,1-5H3. The monoisotopic (exact) mass is 284 g/mol. The molecule has 0 bridgehead atoms. The largest absolute Gasteiger partial charge is 0.377 e. The Bertz CT molecular complexity index is 321. The van der Waals surface area contributed by atoms with Crippen LogP contribution < -0.4 is 5.73 Å². The number of hydrogen-bond donors (Lipinski definition) is 1. The zero-order valence-corrected chi connectivity index (χ0v) is 13.9. The van der Waals surface area contributed by atoms with E-state index in [-0.39, 0.29) is 16.9 Å². The first-order chi connectivity index (χ1) is 9.18. The molecule has 1 fully saturated rings. The molecule has 1 aliphatic heterocycles. The van der Waals surface area contributed by atoms with Crippen LogP contribution in [0.25, 0.3) is 0 Å². The van der Waals surface area contributed by atoms with E-state index in [0.29, 0.717) is 38.6 Å². The Kier molecular flexibility index (Phi) is 6.02. The van der Waals surface area contributed by atoms with Gasteiger partial charge in [0.2, 0.25) is 5.91 Å². The maximum Gasteiger partial charge on any atom is 0.223 e. The van der Waals surface area contributed by atoms with Gasteiger partial charge in [0, 0.05) is 13.0 Å². The molecule has 0 radical (unpaired) electrons. The first-order valence-corrected chi connectivity index (χ1v) is 7.77. The summed E-state index contributed by atoms with van der Waals surface area (Å²) in [5, 5.41) is 0. The van der Waals surface area contributed by atoms with Crippen LogP contribution in [-0.2, 0) is 9.53 Å². The third kappa shape index (κ3) is 4.74. The number of nitrogens with zero attached hydrogens (tertiary/aromatic N) is 1. The maximum absolute atomic E-state index is 12.5. The minimum atomic E-state index is -0.180. The van der Waals surface area contributed by atoms with Crippen LogP contribution in [0, 0.1) is 11.3 Å². The van der Waals surface area contributed by atoms with E-state index < -0.39 is 0 Å². The van der Waals surface area contributed by atoms with Crippen LogP contribution in [0.15, 0.2) is 0 Å². The molecule has 0 saturated carbocycles. The van der Waals surface area contributed by atoms with Crippen molar-refractivity contribution in [2.45, 2.75) is 59.4 Å². The number of rotatable bonds is 5. The van der Waals surface area contributed by atoms with Crippen molar-refractivity contribution in [2.75, 3.05) is 26.3 Å². The highest BCUT2D eigenvalue weighted by Gasteiger charge is 2.34. The van der Waals surface area contributed by atoms with Gasteiger partial charge in [0.15, 0.2) is 0 Å². The van der Waals surface area contributed by atoms with Gasteiger partial charge < -0.3 is 15.4 Å². The Morgan fingerprint density at radius 1 is 1.35 bits per heavy atom. The Morgan fingerprint density at radius 2 is 2.00 bits per heavy atom. The highest BCUT2D eigenvalue weighted by atomic mass is 16.5. The van der Waals surface area contributed by atoms with Crippen LogP contribution in [0.4, 0.5) is 0 Å². The van der Waals surface area contributed by atoms with Crippen LogP contribution in [0.3, 0.4) is 0 Å². The van der Waals surface area contributed by atoms with Gasteiger partial charge >= 0.3 is 0 Å². The van der Waals surface area contributed by atoms with Gasteiger partial charge in [-0.2, -0.15) is 0 Å². The lowest BCUT2D eigenvalue weighted by Gasteiger charge is -2.42. The summed E-state index contributed by atoms with van der Waals surface area (Å²) in [6, 6.07) is 0. The molecule has 0 aromatic carbocycles. The lowest BCUT2D eigenvalue weighted by atomic mass is 9.76. The topological polar surface area (TPSA) is 55.6 Å². The Labute approximate surface area is 124 Å². The predicted molar refractivity (Wildman–Crippen MR) is 82.5 cm³/mol. The Morgan fingerprint density at radius 3 is 2.50 bits per heavy atom. The number of carbonyl (C=O) groups excluding carboxylic acids is 1. The lowest BCUT2D eigenvalue weighted by Crippen LogP contribution is -2.55. The maximum atomic E-state index is 12.5. The number of nitrogens with two attached hydrogens (primary N) is 1. The van der Waals surface area contributed by atoms with Gasteiger partial charge in [-0.05, 0) is 44.6 Å². The van der Waals surface area contributed by atoms with E-state index in [1.165, 1.54) is 0 Å². The molecule has 0 aromatic rings. The Balaban J connectivity index is 2.57. The van der Waals surface area contributed by atoms with E-state index in [1.807, 2.05) is 4.90 Å². The number of hydrogen-bond acceptors (Lipinski definition) is 3. The van der Waals surface area contributed by atoms with Gasteiger partial charge in [0.05, 0.1) is 18.8 Å². The predicted octanol–water partition coefficient (Wildman–Crippen LogP) is 2.42. The van der Waals surface area contributed by atoms with Crippen molar-refractivity contribution in [2.24, 2.45) is 17.1 Å². The number of morpholine rings is 1. The first-order valence-electron chi connectivity index (χ1n) is 7.77. The summed E-state index contributed by atoms with van der Waals surface area (Å²) in [7, 11) is 0. The van der Waals surface area contributed by atoms with Crippen LogP contribution in [0.1, 0.15) is 53.9 Å². The summed E-state index contributed by atoms with van der Waals surface area (Å²) in [5.74, 6) is 0.755. The van der Waals surface area contributed by atoms with E-state index >= 15 is 0 Å². The highest BCUT2D eigenvalue weighted by molar-refractivity contribution is 5.77. The second-order valence-corrected chi connectivity index (χ2v) is 7.59. The van der Waals surface area contributed by atoms with Gasteiger partial charge in [-0.1, -0.05) is 20.8 Å². The number of ether oxygens (including phenoxy) is 1. The average molecular weight is 284 g/mol. The molecule has 1 saturated heterocycles. The van der Waals surface area contributed by atoms with Crippen molar-refractivity contribution in [3.63, 3.8) is 0 Å². The van der Waals surface area contributed by atoms with Crippen LogP contribution in [-0.4, -0.2) is 42.6 Å². The fraction of sp³-hybridized carbons (Fsp3) is 0.938. The zero-order chi connectivity index (χ0) is 15.4. The summed E-state index contributed by atoms with van der Waals surface area (Å²) < 4.78 is 5.47. The van der Waals surface area contributed by atoms with E-state index in [0.717, 1.165) is 12.8 Å². The van der Waals surface area contributed by atoms with Crippen molar-refractivity contribution in [3.05, 3.63) is 0 Å². The smallest absolute Gasteiger partial charge is 0.223 e. The quantitative estimate of drug-likeness (QED) is 0.843. The SMILES string of the molecule is CC(C)(C)C(CCN)CCC(=O)N1CCOCC1(C)C. The lowest BCUT2D eigenvalue weighted by molar-refractivity contribution is -0.146. The normalized spacial score (nSPS) is 20.8. The second-order valence-electron chi connectivity index (χ2n) is 7.59. The van der Waals surface area contributed by atoms with Gasteiger partial charge in [-0.3, -0.25) is 4.79 Å². The zero-order valence-electron chi connectivity index (χ0n) is 13.9. The van der Waals surface area contributed by atoms with Crippen molar-refractivity contribution in [1.29, 1.82) is 0 Å². The second kappa shape index (κ2) is 6.90. The van der Waals surface area contributed by atoms with Gasteiger partial charge in [0.25, 0.3) is 0 Å². The van der Waals surface area contributed by atoms with E-state index in [2.05, 4.69) is 34.6 Å². The van der Waals surface area contributed by atoms with Crippen molar-refractivity contribution < 1.29 is 9.53 Å². The van der Waals surface area contributed by atoms with Crippen molar-refractivity contribution in [1.82, 2.24) is 4.90 Å². The number of amides is 1. The fourth-order valence-electron chi connectivity index (χ4n) is 2.96. The van der Waals surface area contributed by atoms with Crippen molar-refractivity contribution >= 4 is 5.91 Å². The molecule has 1 rings (SSSR count). The molecule has 0 spiro atoms. The van der Waals surface area contributed by atoms with E-state index in [1.54, 1.807) is 0 Å². The van der Waals surface area contributed by atoms with Crippen LogP contribution in [0.5, 0.6) is 0 Å². The molecule has 118 valence electrons. The molecule has 2 N–H and O–H groups in total. The van der Waals surface area contributed by atoms with Crippen molar-refractivity contribution in [3.8, 4) is 0 Å². The number of carbonyl (C=O) groups is 1. The molecule has 1 amide bonds. The van der Waals surface area contributed by atoms with Gasteiger partial charge in [-0.15, -0.1) is 0 Å². The summed E-state index contributed by atoms with van der Waals surface area (Å²) in [5.41, 5.74) is 5.73. The first kappa shape index (κ1) is 17.4.